The monoisotopic (exact) mass is 275 g/mol. The topological polar surface area (TPSA) is 9.49 Å². The molecule has 0 bridgehead atoms. The summed E-state index contributed by atoms with van der Waals surface area (Å²) in [6.45, 7) is 16.7. The standard InChI is InChI=1S/C13H32N4P/c1-8-15(9-2)18-14(6)11-10-12-17(18,7)16(18)13(3,4)5/h18H,8-12H2,1-7H3/q+1. The van der Waals surface area contributed by atoms with E-state index in [9.17, 15) is 0 Å². The van der Waals surface area contributed by atoms with Crippen molar-refractivity contribution in [3.63, 3.8) is 0 Å². The molecule has 2 rings (SSSR count). The molecule has 0 aromatic rings. The van der Waals surface area contributed by atoms with Gasteiger partial charge in [-0.25, -0.2) is 0 Å². The van der Waals surface area contributed by atoms with Crippen LogP contribution in [-0.4, -0.2) is 64.3 Å². The van der Waals surface area contributed by atoms with Gasteiger partial charge in [-0.1, -0.05) is 0 Å². The molecule has 2 fully saturated rings. The number of quaternary nitrogens is 1. The average molecular weight is 275 g/mol. The van der Waals surface area contributed by atoms with Gasteiger partial charge in [0.05, 0.1) is 0 Å². The predicted molar refractivity (Wildman–Crippen MR) is 81.1 cm³/mol. The van der Waals surface area contributed by atoms with E-state index in [1.165, 1.54) is 37.0 Å². The van der Waals surface area contributed by atoms with Crippen molar-refractivity contribution in [2.45, 2.75) is 46.6 Å². The summed E-state index contributed by atoms with van der Waals surface area (Å²) < 4.78 is 9.49. The minimum atomic E-state index is -1.65. The van der Waals surface area contributed by atoms with Gasteiger partial charge in [-0.05, 0) is 0 Å². The van der Waals surface area contributed by atoms with Crippen molar-refractivity contribution in [3.8, 4) is 0 Å². The molecule has 2 heterocycles. The Bertz CT molecular complexity index is 325. The third-order valence-electron chi connectivity index (χ3n) is 4.75. The van der Waals surface area contributed by atoms with E-state index in [1.54, 1.807) is 0 Å². The van der Waals surface area contributed by atoms with E-state index in [2.05, 4.69) is 62.8 Å². The Kier molecular flexibility index (Phi) is 3.58. The van der Waals surface area contributed by atoms with Crippen LogP contribution in [0.1, 0.15) is 41.0 Å². The molecule has 4 nitrogen and oxygen atoms in total. The molecule has 0 radical (unpaired) electrons. The molecule has 2 aliphatic rings. The molecule has 2 aliphatic heterocycles. The number of nitrogens with zero attached hydrogens (tertiary/aromatic N) is 4. The molecule has 0 saturated carbocycles. The molecule has 108 valence electrons. The third-order valence-corrected chi connectivity index (χ3v) is 10.7. The molecule has 0 aromatic heterocycles. The van der Waals surface area contributed by atoms with E-state index in [0.717, 1.165) is 0 Å². The zero-order chi connectivity index (χ0) is 13.8. The van der Waals surface area contributed by atoms with E-state index in [1.807, 2.05) is 0 Å². The van der Waals surface area contributed by atoms with Crippen molar-refractivity contribution in [2.75, 3.05) is 40.3 Å². The van der Waals surface area contributed by atoms with Gasteiger partial charge in [0.15, 0.2) is 0 Å². The number of fused-ring (bicyclic) bond motifs is 1. The van der Waals surface area contributed by atoms with Gasteiger partial charge in [0.2, 0.25) is 0 Å². The van der Waals surface area contributed by atoms with Crippen LogP contribution < -0.4 is 0 Å². The fourth-order valence-corrected chi connectivity index (χ4v) is 11.0. The molecular weight excluding hydrogens is 243 g/mol. The molecule has 2 atom stereocenters. The summed E-state index contributed by atoms with van der Waals surface area (Å²) in [4.78, 5) is 0. The third kappa shape index (κ3) is 1.63. The predicted octanol–water partition coefficient (Wildman–Crippen LogP) is 2.55. The Morgan fingerprint density at radius 2 is 1.78 bits per heavy atom. The first-order chi connectivity index (χ1) is 8.26. The van der Waals surface area contributed by atoms with Crippen molar-refractivity contribution in [3.05, 3.63) is 0 Å². The molecule has 0 amide bonds. The Hall–Kier alpha value is 0.270. The molecule has 5 heteroatoms. The first kappa shape index (κ1) is 14.7. The van der Waals surface area contributed by atoms with E-state index in [4.69, 9.17) is 0 Å². The number of hydrogen-bond donors (Lipinski definition) is 0. The summed E-state index contributed by atoms with van der Waals surface area (Å²) in [5.41, 5.74) is 0.266. The van der Waals surface area contributed by atoms with Crippen LogP contribution in [0.2, 0.25) is 0 Å². The molecule has 18 heavy (non-hydrogen) atoms. The molecule has 0 aliphatic carbocycles. The summed E-state index contributed by atoms with van der Waals surface area (Å²) in [7, 11) is 3.16. The van der Waals surface area contributed by atoms with Gasteiger partial charge in [-0.2, -0.15) is 0 Å². The zero-order valence-electron chi connectivity index (χ0n) is 13.3. The van der Waals surface area contributed by atoms with Crippen LogP contribution in [0.5, 0.6) is 0 Å². The van der Waals surface area contributed by atoms with Crippen LogP contribution >= 0.6 is 7.87 Å². The van der Waals surface area contributed by atoms with Crippen LogP contribution in [0, 0.1) is 0 Å². The Morgan fingerprint density at radius 3 is 2.22 bits per heavy atom. The Balaban J connectivity index is 2.44. The van der Waals surface area contributed by atoms with E-state index < -0.39 is 7.87 Å². The first-order valence-corrected chi connectivity index (χ1v) is 9.18. The normalized spacial score (nSPS) is 37.4. The van der Waals surface area contributed by atoms with Gasteiger partial charge in [-0.3, -0.25) is 0 Å². The Morgan fingerprint density at radius 1 is 1.22 bits per heavy atom. The van der Waals surface area contributed by atoms with Crippen LogP contribution in [0.15, 0.2) is 0 Å². The van der Waals surface area contributed by atoms with E-state index in [-0.39, 0.29) is 5.54 Å². The fourth-order valence-electron chi connectivity index (χ4n) is 4.41. The van der Waals surface area contributed by atoms with Crippen LogP contribution in [0.25, 0.3) is 0 Å². The van der Waals surface area contributed by atoms with Crippen molar-refractivity contribution in [1.82, 2.24) is 14.1 Å². The van der Waals surface area contributed by atoms with Gasteiger partial charge in [0, 0.05) is 0 Å². The van der Waals surface area contributed by atoms with Crippen molar-refractivity contribution in [2.24, 2.45) is 0 Å². The number of hydrogen-bond acceptors (Lipinski definition) is 3. The molecule has 0 aromatic carbocycles. The van der Waals surface area contributed by atoms with Gasteiger partial charge in [0.25, 0.3) is 0 Å². The van der Waals surface area contributed by atoms with Gasteiger partial charge in [0.1, 0.15) is 0 Å². The second-order valence-electron chi connectivity index (χ2n) is 6.89. The minimum absolute atomic E-state index is 0.266. The fraction of sp³-hybridized carbons (Fsp3) is 1.00. The van der Waals surface area contributed by atoms with Crippen molar-refractivity contribution < 1.29 is 4.36 Å². The first-order valence-electron chi connectivity index (χ1n) is 7.39. The van der Waals surface area contributed by atoms with Crippen molar-refractivity contribution >= 4 is 7.87 Å². The van der Waals surface area contributed by atoms with Gasteiger partial charge >= 0.3 is 113 Å². The van der Waals surface area contributed by atoms with Crippen molar-refractivity contribution in [1.29, 1.82) is 0 Å². The second kappa shape index (κ2) is 4.39. The Labute approximate surface area is 114 Å². The average Bonchev–Trinajstić information content (AvgIpc) is 2.83. The molecule has 0 N–H and O–H groups in total. The maximum absolute atomic E-state index is 2.82. The molecule has 2 unspecified atom stereocenters. The summed E-state index contributed by atoms with van der Waals surface area (Å²) in [5, 5.41) is 0. The molecule has 0 spiro atoms. The summed E-state index contributed by atoms with van der Waals surface area (Å²) in [5.74, 6) is 0. The maximum atomic E-state index is 2.82. The van der Waals surface area contributed by atoms with Crippen LogP contribution in [-0.2, 0) is 0 Å². The van der Waals surface area contributed by atoms with Gasteiger partial charge < -0.3 is 0 Å². The summed E-state index contributed by atoms with van der Waals surface area (Å²) in [6, 6.07) is 0. The van der Waals surface area contributed by atoms with E-state index in [0.29, 0.717) is 0 Å². The number of rotatable bonds is 3. The summed E-state index contributed by atoms with van der Waals surface area (Å²) in [6.07, 6.45) is 1.33. The van der Waals surface area contributed by atoms with Gasteiger partial charge in [-0.15, -0.1) is 0 Å². The molecular formula is C13H32N4P+. The van der Waals surface area contributed by atoms with Crippen LogP contribution in [0.3, 0.4) is 0 Å². The SMILES string of the molecule is CCN(CC)[PH]12N(C)CCC[N+]1(C)N2C(C)(C)C. The summed E-state index contributed by atoms with van der Waals surface area (Å²) >= 11 is 0. The second-order valence-corrected chi connectivity index (χ2v) is 10.9. The van der Waals surface area contributed by atoms with E-state index >= 15 is 0 Å². The zero-order valence-corrected chi connectivity index (χ0v) is 14.3. The molecule has 2 saturated heterocycles. The van der Waals surface area contributed by atoms with Crippen LogP contribution in [0.4, 0.5) is 0 Å². The quantitative estimate of drug-likeness (QED) is 0.579.